The van der Waals surface area contributed by atoms with Crippen LogP contribution in [0.1, 0.15) is 26.1 Å². The zero-order chi connectivity index (χ0) is 14.0. The van der Waals surface area contributed by atoms with E-state index in [0.717, 1.165) is 25.2 Å². The van der Waals surface area contributed by atoms with Crippen molar-refractivity contribution in [3.05, 3.63) is 34.1 Å². The van der Waals surface area contributed by atoms with Crippen LogP contribution in [0.2, 0.25) is 10.0 Å². The molecule has 1 heterocycles. The van der Waals surface area contributed by atoms with Gasteiger partial charge in [0, 0.05) is 18.5 Å². The largest absolute Gasteiger partial charge is 0.383 e. The molecule has 19 heavy (non-hydrogen) atoms. The maximum absolute atomic E-state index is 6.23. The van der Waals surface area contributed by atoms with Crippen molar-refractivity contribution in [2.24, 2.45) is 0 Å². The predicted molar refractivity (Wildman–Crippen MR) is 81.8 cm³/mol. The minimum atomic E-state index is 0.572. The molecule has 0 aliphatic rings. The van der Waals surface area contributed by atoms with Gasteiger partial charge in [0.15, 0.2) is 0 Å². The fraction of sp³-hybridized carbons (Fsp3) is 0.357. The molecule has 0 atom stereocenters. The Morgan fingerprint density at radius 3 is 2.37 bits per heavy atom. The summed E-state index contributed by atoms with van der Waals surface area (Å²) in [7, 11) is 0. The summed E-state index contributed by atoms with van der Waals surface area (Å²) in [6.07, 6.45) is 1.91. The third-order valence-corrected chi connectivity index (χ3v) is 3.71. The van der Waals surface area contributed by atoms with Crippen LogP contribution in [0.4, 0.5) is 5.82 Å². The molecule has 1 aromatic carbocycles. The molecule has 102 valence electrons. The van der Waals surface area contributed by atoms with Crippen molar-refractivity contribution >= 4 is 29.0 Å². The zero-order valence-electron chi connectivity index (χ0n) is 11.1. The van der Waals surface area contributed by atoms with Crippen LogP contribution in [0.15, 0.2) is 18.2 Å². The maximum Gasteiger partial charge on any atom is 0.131 e. The van der Waals surface area contributed by atoms with Crippen LogP contribution in [0.25, 0.3) is 11.3 Å². The van der Waals surface area contributed by atoms with Crippen LogP contribution in [0, 0.1) is 0 Å². The number of nitrogens with zero attached hydrogens (tertiary/aromatic N) is 2. The highest BCUT2D eigenvalue weighted by molar-refractivity contribution is 6.39. The van der Waals surface area contributed by atoms with Crippen molar-refractivity contribution in [2.75, 3.05) is 5.73 Å². The Balaban J connectivity index is 2.63. The molecule has 0 aliphatic heterocycles. The Morgan fingerprint density at radius 1 is 1.21 bits per heavy atom. The minimum absolute atomic E-state index is 0.572. The first-order valence-electron chi connectivity index (χ1n) is 6.39. The summed E-state index contributed by atoms with van der Waals surface area (Å²) in [5.41, 5.74) is 7.59. The van der Waals surface area contributed by atoms with E-state index in [2.05, 4.69) is 18.8 Å². The molecule has 0 unspecified atom stereocenters. The number of halogens is 2. The second kappa shape index (κ2) is 5.85. The molecular formula is C14H17Cl2N3. The topological polar surface area (TPSA) is 43.8 Å². The molecule has 0 saturated carbocycles. The standard InChI is InChI=1S/C14H17Cl2N3/c1-3-6-11-18-13(14(17)19(11)4-2)12-9(15)7-5-8-10(12)16/h5,7-8H,3-4,6,17H2,1-2H3. The highest BCUT2D eigenvalue weighted by Crippen LogP contribution is 2.37. The van der Waals surface area contributed by atoms with Crippen LogP contribution in [0.3, 0.4) is 0 Å². The molecule has 5 heteroatoms. The molecule has 1 aromatic heterocycles. The Morgan fingerprint density at radius 2 is 1.84 bits per heavy atom. The monoisotopic (exact) mass is 297 g/mol. The summed E-state index contributed by atoms with van der Waals surface area (Å²) in [6, 6.07) is 5.41. The van der Waals surface area contributed by atoms with Crippen LogP contribution in [-0.4, -0.2) is 9.55 Å². The van der Waals surface area contributed by atoms with Crippen molar-refractivity contribution in [3.8, 4) is 11.3 Å². The van der Waals surface area contributed by atoms with Gasteiger partial charge in [-0.15, -0.1) is 0 Å². The van der Waals surface area contributed by atoms with Gasteiger partial charge in [-0.2, -0.15) is 0 Å². The Labute approximate surface area is 123 Å². The van der Waals surface area contributed by atoms with Gasteiger partial charge in [-0.05, 0) is 25.5 Å². The van der Waals surface area contributed by atoms with Gasteiger partial charge in [0.05, 0.1) is 10.0 Å². The highest BCUT2D eigenvalue weighted by Gasteiger charge is 2.19. The van der Waals surface area contributed by atoms with E-state index in [0.29, 0.717) is 27.1 Å². The zero-order valence-corrected chi connectivity index (χ0v) is 12.6. The van der Waals surface area contributed by atoms with Crippen molar-refractivity contribution in [1.29, 1.82) is 0 Å². The molecule has 2 aromatic rings. The van der Waals surface area contributed by atoms with Gasteiger partial charge in [0.25, 0.3) is 0 Å². The fourth-order valence-electron chi connectivity index (χ4n) is 2.19. The van der Waals surface area contributed by atoms with E-state index >= 15 is 0 Å². The fourth-order valence-corrected chi connectivity index (χ4v) is 2.77. The third-order valence-electron chi connectivity index (χ3n) is 3.08. The second-order valence-electron chi connectivity index (χ2n) is 4.35. The van der Waals surface area contributed by atoms with Gasteiger partial charge in [-0.3, -0.25) is 0 Å². The summed E-state index contributed by atoms with van der Waals surface area (Å²) in [5.74, 6) is 1.61. The van der Waals surface area contributed by atoms with Gasteiger partial charge in [0.2, 0.25) is 0 Å². The summed E-state index contributed by atoms with van der Waals surface area (Å²) in [5, 5.41) is 1.14. The van der Waals surface area contributed by atoms with Crippen LogP contribution < -0.4 is 5.73 Å². The Hall–Kier alpha value is -1.19. The molecular weight excluding hydrogens is 281 g/mol. The summed E-state index contributed by atoms with van der Waals surface area (Å²) in [6.45, 7) is 4.96. The lowest BCUT2D eigenvalue weighted by Crippen LogP contribution is -2.05. The minimum Gasteiger partial charge on any atom is -0.383 e. The SMILES string of the molecule is CCCc1nc(-c2c(Cl)cccc2Cl)c(N)n1CC. The quantitative estimate of drug-likeness (QED) is 0.908. The molecule has 0 bridgehead atoms. The van der Waals surface area contributed by atoms with Crippen LogP contribution >= 0.6 is 23.2 Å². The molecule has 2 N–H and O–H groups in total. The molecule has 0 amide bonds. The van der Waals surface area contributed by atoms with Gasteiger partial charge in [0.1, 0.15) is 17.3 Å². The van der Waals surface area contributed by atoms with Crippen molar-refractivity contribution in [1.82, 2.24) is 9.55 Å². The predicted octanol–water partition coefficient (Wildman–Crippen LogP) is 4.41. The number of rotatable bonds is 4. The first-order valence-corrected chi connectivity index (χ1v) is 7.15. The normalized spacial score (nSPS) is 10.9. The summed E-state index contributed by atoms with van der Waals surface area (Å²) >= 11 is 12.5. The lowest BCUT2D eigenvalue weighted by Gasteiger charge is -2.07. The van der Waals surface area contributed by atoms with Gasteiger partial charge in [-0.1, -0.05) is 36.2 Å². The van der Waals surface area contributed by atoms with E-state index in [1.165, 1.54) is 0 Å². The summed E-state index contributed by atoms with van der Waals surface area (Å²) < 4.78 is 2.01. The number of benzene rings is 1. The summed E-state index contributed by atoms with van der Waals surface area (Å²) in [4.78, 5) is 4.63. The van der Waals surface area contributed by atoms with E-state index in [9.17, 15) is 0 Å². The Kier molecular flexibility index (Phi) is 4.38. The first-order chi connectivity index (χ1) is 9.10. The first kappa shape index (κ1) is 14.2. The average molecular weight is 298 g/mol. The van der Waals surface area contributed by atoms with Gasteiger partial charge < -0.3 is 10.3 Å². The third kappa shape index (κ3) is 2.58. The Bertz CT molecular complexity index is 570. The number of hydrogen-bond acceptors (Lipinski definition) is 2. The molecule has 0 radical (unpaired) electrons. The average Bonchev–Trinajstić information content (AvgIpc) is 2.66. The van der Waals surface area contributed by atoms with Gasteiger partial charge >= 0.3 is 0 Å². The van der Waals surface area contributed by atoms with E-state index < -0.39 is 0 Å². The molecule has 2 rings (SSSR count). The van der Waals surface area contributed by atoms with E-state index in [1.807, 2.05) is 10.6 Å². The number of imidazole rings is 1. The van der Waals surface area contributed by atoms with Crippen molar-refractivity contribution in [3.63, 3.8) is 0 Å². The lowest BCUT2D eigenvalue weighted by atomic mass is 10.1. The smallest absolute Gasteiger partial charge is 0.131 e. The lowest BCUT2D eigenvalue weighted by molar-refractivity contribution is 0.690. The number of anilines is 1. The van der Waals surface area contributed by atoms with E-state index in [4.69, 9.17) is 28.9 Å². The molecule has 0 aliphatic carbocycles. The van der Waals surface area contributed by atoms with Crippen LogP contribution in [-0.2, 0) is 13.0 Å². The molecule has 0 saturated heterocycles. The molecule has 0 spiro atoms. The van der Waals surface area contributed by atoms with E-state index in [-0.39, 0.29) is 0 Å². The number of nitrogens with two attached hydrogens (primary N) is 1. The van der Waals surface area contributed by atoms with Crippen LogP contribution in [0.5, 0.6) is 0 Å². The van der Waals surface area contributed by atoms with Crippen molar-refractivity contribution in [2.45, 2.75) is 33.2 Å². The van der Waals surface area contributed by atoms with E-state index in [1.54, 1.807) is 12.1 Å². The number of nitrogen functional groups attached to an aromatic ring is 1. The number of hydrogen-bond donors (Lipinski definition) is 1. The number of aryl methyl sites for hydroxylation is 1. The maximum atomic E-state index is 6.23. The van der Waals surface area contributed by atoms with Crippen molar-refractivity contribution < 1.29 is 0 Å². The highest BCUT2D eigenvalue weighted by atomic mass is 35.5. The number of aromatic nitrogens is 2. The second-order valence-corrected chi connectivity index (χ2v) is 5.17. The molecule has 3 nitrogen and oxygen atoms in total. The molecule has 0 fully saturated rings. The van der Waals surface area contributed by atoms with Gasteiger partial charge in [-0.25, -0.2) is 4.98 Å².